The molecule has 0 N–H and O–H groups in total. The van der Waals surface area contributed by atoms with Crippen LogP contribution in [0.5, 0.6) is 0 Å². The molecule has 1 aromatic rings. The first-order valence-corrected chi connectivity index (χ1v) is 5.08. The zero-order valence-electron chi connectivity index (χ0n) is 7.98. The Morgan fingerprint density at radius 2 is 2.00 bits per heavy atom. The van der Waals surface area contributed by atoms with Gasteiger partial charge in [-0.3, -0.25) is 0 Å². The molecular weight excluding hydrogens is 168 g/mol. The molecule has 3 rings (SSSR count). The Hall–Kier alpha value is -1.56. The number of benzene rings is 1. The van der Waals surface area contributed by atoms with Crippen LogP contribution in [0.25, 0.3) is 0 Å². The van der Waals surface area contributed by atoms with E-state index >= 15 is 0 Å². The molecular formula is C14H12. The van der Waals surface area contributed by atoms with Gasteiger partial charge in [0.2, 0.25) is 0 Å². The number of allylic oxidation sites excluding steroid dienone is 6. The summed E-state index contributed by atoms with van der Waals surface area (Å²) < 4.78 is 0. The van der Waals surface area contributed by atoms with Crippen molar-refractivity contribution in [1.29, 1.82) is 0 Å². The van der Waals surface area contributed by atoms with E-state index in [1.807, 2.05) is 0 Å². The molecule has 1 atom stereocenters. The SMILES string of the molecule is C1=CC2=CCc3ccccc3C2C=C1. The zero-order chi connectivity index (χ0) is 9.38. The highest BCUT2D eigenvalue weighted by Gasteiger charge is 2.19. The van der Waals surface area contributed by atoms with Crippen molar-refractivity contribution in [2.45, 2.75) is 12.3 Å². The van der Waals surface area contributed by atoms with E-state index in [9.17, 15) is 0 Å². The molecule has 0 radical (unpaired) electrons. The minimum atomic E-state index is 0.505. The highest BCUT2D eigenvalue weighted by Crippen LogP contribution is 2.35. The maximum absolute atomic E-state index is 2.34. The molecule has 2 aliphatic carbocycles. The maximum Gasteiger partial charge on any atom is 0.0272 e. The number of hydrogen-bond donors (Lipinski definition) is 0. The van der Waals surface area contributed by atoms with E-state index in [2.05, 4.69) is 54.6 Å². The van der Waals surface area contributed by atoms with Gasteiger partial charge < -0.3 is 0 Å². The number of fused-ring (bicyclic) bond motifs is 3. The molecule has 1 aromatic carbocycles. The normalized spacial score (nSPS) is 22.6. The summed E-state index contributed by atoms with van der Waals surface area (Å²) >= 11 is 0. The van der Waals surface area contributed by atoms with Gasteiger partial charge in [0.15, 0.2) is 0 Å². The van der Waals surface area contributed by atoms with Gasteiger partial charge in [0.25, 0.3) is 0 Å². The lowest BCUT2D eigenvalue weighted by Crippen LogP contribution is -2.08. The smallest absolute Gasteiger partial charge is 0.0272 e. The first kappa shape index (κ1) is 7.81. The monoisotopic (exact) mass is 180 g/mol. The Morgan fingerprint density at radius 3 is 3.00 bits per heavy atom. The van der Waals surface area contributed by atoms with E-state index in [1.54, 1.807) is 0 Å². The molecule has 0 aromatic heterocycles. The molecule has 0 amide bonds. The van der Waals surface area contributed by atoms with Gasteiger partial charge in [-0.1, -0.05) is 54.6 Å². The highest BCUT2D eigenvalue weighted by atomic mass is 14.2. The van der Waals surface area contributed by atoms with Crippen molar-refractivity contribution in [3.8, 4) is 0 Å². The lowest BCUT2D eigenvalue weighted by Gasteiger charge is -2.24. The van der Waals surface area contributed by atoms with Gasteiger partial charge in [0.1, 0.15) is 0 Å². The molecule has 0 aliphatic heterocycles. The Bertz CT molecular complexity index is 447. The highest BCUT2D eigenvalue weighted by molar-refractivity contribution is 5.50. The summed E-state index contributed by atoms with van der Waals surface area (Å²) in [6, 6.07) is 8.74. The fourth-order valence-electron chi connectivity index (χ4n) is 2.29. The lowest BCUT2D eigenvalue weighted by atomic mass is 9.80. The van der Waals surface area contributed by atoms with Crippen LogP contribution in [0.3, 0.4) is 0 Å². The van der Waals surface area contributed by atoms with Crippen molar-refractivity contribution in [1.82, 2.24) is 0 Å². The topological polar surface area (TPSA) is 0 Å². The fourth-order valence-corrected chi connectivity index (χ4v) is 2.29. The van der Waals surface area contributed by atoms with Gasteiger partial charge in [0.05, 0.1) is 0 Å². The van der Waals surface area contributed by atoms with Gasteiger partial charge in [-0.05, 0) is 23.1 Å². The van der Waals surface area contributed by atoms with Crippen LogP contribution in [0.2, 0.25) is 0 Å². The second kappa shape index (κ2) is 2.98. The minimum Gasteiger partial charge on any atom is -0.0760 e. The second-order valence-electron chi connectivity index (χ2n) is 3.83. The minimum absolute atomic E-state index is 0.505. The standard InChI is InChI=1S/C14H12/c1-3-7-13-11(5-1)9-10-12-6-2-4-8-14(12)13/h1-9,13H,10H2. The van der Waals surface area contributed by atoms with Crippen LogP contribution < -0.4 is 0 Å². The molecule has 0 saturated carbocycles. The van der Waals surface area contributed by atoms with Gasteiger partial charge in [-0.15, -0.1) is 0 Å². The molecule has 1 unspecified atom stereocenters. The molecule has 0 spiro atoms. The molecule has 68 valence electrons. The summed E-state index contributed by atoms with van der Waals surface area (Å²) in [5.74, 6) is 0.505. The van der Waals surface area contributed by atoms with Crippen LogP contribution in [0.4, 0.5) is 0 Å². The first-order chi connectivity index (χ1) is 6.95. The van der Waals surface area contributed by atoms with Crippen molar-refractivity contribution in [3.63, 3.8) is 0 Å². The van der Waals surface area contributed by atoms with Crippen molar-refractivity contribution in [2.24, 2.45) is 0 Å². The van der Waals surface area contributed by atoms with Crippen LogP contribution >= 0.6 is 0 Å². The zero-order valence-corrected chi connectivity index (χ0v) is 7.98. The third kappa shape index (κ3) is 1.07. The van der Waals surface area contributed by atoms with Crippen LogP contribution in [-0.4, -0.2) is 0 Å². The van der Waals surface area contributed by atoms with E-state index in [4.69, 9.17) is 0 Å². The van der Waals surface area contributed by atoms with Crippen molar-refractivity contribution in [2.75, 3.05) is 0 Å². The average molecular weight is 180 g/mol. The van der Waals surface area contributed by atoms with Gasteiger partial charge in [0, 0.05) is 5.92 Å². The largest absolute Gasteiger partial charge is 0.0760 e. The summed E-state index contributed by atoms with van der Waals surface area (Å²) in [5, 5.41) is 0. The van der Waals surface area contributed by atoms with E-state index in [0.717, 1.165) is 6.42 Å². The molecule has 0 fully saturated rings. The van der Waals surface area contributed by atoms with Crippen LogP contribution in [-0.2, 0) is 6.42 Å². The van der Waals surface area contributed by atoms with Gasteiger partial charge in [-0.2, -0.15) is 0 Å². The predicted octanol–water partition coefficient (Wildman–Crippen LogP) is 3.38. The Labute approximate surface area is 84.3 Å². The summed E-state index contributed by atoms with van der Waals surface area (Å²) in [5.41, 5.74) is 4.40. The third-order valence-corrected chi connectivity index (χ3v) is 3.01. The van der Waals surface area contributed by atoms with Gasteiger partial charge >= 0.3 is 0 Å². The molecule has 0 bridgehead atoms. The molecule has 2 aliphatic rings. The fraction of sp³-hybridized carbons (Fsp3) is 0.143. The number of hydrogen-bond acceptors (Lipinski definition) is 0. The Kier molecular flexibility index (Phi) is 1.66. The van der Waals surface area contributed by atoms with Gasteiger partial charge in [-0.25, -0.2) is 0 Å². The van der Waals surface area contributed by atoms with Crippen LogP contribution in [0.15, 0.2) is 60.2 Å². The molecule has 0 heteroatoms. The molecule has 0 nitrogen and oxygen atoms in total. The Balaban J connectivity index is 2.15. The van der Waals surface area contributed by atoms with E-state index in [1.165, 1.54) is 16.7 Å². The summed E-state index contributed by atoms with van der Waals surface area (Å²) in [7, 11) is 0. The maximum atomic E-state index is 2.34. The molecule has 14 heavy (non-hydrogen) atoms. The first-order valence-electron chi connectivity index (χ1n) is 5.08. The Morgan fingerprint density at radius 1 is 1.07 bits per heavy atom. The van der Waals surface area contributed by atoms with Crippen molar-refractivity contribution >= 4 is 0 Å². The van der Waals surface area contributed by atoms with Crippen LogP contribution in [0.1, 0.15) is 17.0 Å². The van der Waals surface area contributed by atoms with Crippen LogP contribution in [0, 0.1) is 0 Å². The predicted molar refractivity (Wildman–Crippen MR) is 59.3 cm³/mol. The van der Waals surface area contributed by atoms with Crippen molar-refractivity contribution in [3.05, 3.63) is 71.3 Å². The number of rotatable bonds is 0. The molecule has 0 heterocycles. The summed E-state index contributed by atoms with van der Waals surface area (Å²) in [6.45, 7) is 0. The summed E-state index contributed by atoms with van der Waals surface area (Å²) in [4.78, 5) is 0. The van der Waals surface area contributed by atoms with E-state index in [-0.39, 0.29) is 0 Å². The average Bonchev–Trinajstić information content (AvgIpc) is 2.29. The van der Waals surface area contributed by atoms with Crippen molar-refractivity contribution < 1.29 is 0 Å². The lowest BCUT2D eigenvalue weighted by molar-refractivity contribution is 0.937. The molecule has 0 saturated heterocycles. The summed E-state index contributed by atoms with van der Waals surface area (Å²) in [6.07, 6.45) is 12.2. The van der Waals surface area contributed by atoms with E-state index in [0.29, 0.717) is 5.92 Å². The van der Waals surface area contributed by atoms with E-state index < -0.39 is 0 Å². The third-order valence-electron chi connectivity index (χ3n) is 3.01. The quantitative estimate of drug-likeness (QED) is 0.574. The second-order valence-corrected chi connectivity index (χ2v) is 3.83.